The second-order valence-corrected chi connectivity index (χ2v) is 8.84. The van der Waals surface area contributed by atoms with Crippen LogP contribution in [0.2, 0.25) is 0 Å². The summed E-state index contributed by atoms with van der Waals surface area (Å²) in [4.78, 5) is 6.52. The van der Waals surface area contributed by atoms with Crippen LogP contribution in [0.5, 0.6) is 0 Å². The van der Waals surface area contributed by atoms with Crippen LogP contribution in [0.4, 0.5) is 5.69 Å². The van der Waals surface area contributed by atoms with Crippen molar-refractivity contribution in [3.8, 4) is 0 Å². The Morgan fingerprint density at radius 3 is 2.75 bits per heavy atom. The maximum absolute atomic E-state index is 11.4. The number of anilines is 1. The Labute approximate surface area is 144 Å². The van der Waals surface area contributed by atoms with Gasteiger partial charge in [-0.3, -0.25) is 9.89 Å². The molecule has 0 bridgehead atoms. The van der Waals surface area contributed by atoms with E-state index in [0.717, 1.165) is 25.1 Å². The Morgan fingerprint density at radius 1 is 1.21 bits per heavy atom. The van der Waals surface area contributed by atoms with Gasteiger partial charge in [-0.2, -0.15) is 0 Å². The predicted molar refractivity (Wildman–Crippen MR) is 98.3 cm³/mol. The van der Waals surface area contributed by atoms with Crippen LogP contribution in [0.25, 0.3) is 0 Å². The molecule has 1 aromatic carbocycles. The first-order valence-corrected chi connectivity index (χ1v) is 10.5. The summed E-state index contributed by atoms with van der Waals surface area (Å²) >= 11 is 0. The normalized spacial score (nSPS) is 21.2. The molecule has 3 N–H and O–H groups in total. The highest BCUT2D eigenvalue weighted by atomic mass is 32.2. The molecule has 7 heteroatoms. The summed E-state index contributed by atoms with van der Waals surface area (Å²) in [5, 5.41) is 3.23. The van der Waals surface area contributed by atoms with Gasteiger partial charge in [0.2, 0.25) is 0 Å². The number of nitrogens with zero attached hydrogens (tertiary/aromatic N) is 2. The molecule has 0 saturated carbocycles. The molecule has 2 aliphatic rings. The number of hydrogen-bond acceptors (Lipinski definition) is 4. The van der Waals surface area contributed by atoms with E-state index in [1.54, 1.807) is 0 Å². The summed E-state index contributed by atoms with van der Waals surface area (Å²) in [5.74, 6) is 0.930. The SMILES string of the molecule is NC(=NCCN1CCS(=O)(=O)CC1)Nc1cccc2c1CCCC2. The Kier molecular flexibility index (Phi) is 5.40. The molecule has 0 atom stereocenters. The Balaban J connectivity index is 1.52. The molecule has 0 aromatic heterocycles. The summed E-state index contributed by atoms with van der Waals surface area (Å²) in [5.41, 5.74) is 9.86. The van der Waals surface area contributed by atoms with Crippen molar-refractivity contribution in [1.29, 1.82) is 0 Å². The van der Waals surface area contributed by atoms with Crippen molar-refractivity contribution in [3.05, 3.63) is 29.3 Å². The van der Waals surface area contributed by atoms with E-state index < -0.39 is 9.84 Å². The summed E-state index contributed by atoms with van der Waals surface area (Å²) in [6.45, 7) is 2.51. The number of fused-ring (bicyclic) bond motifs is 1. The van der Waals surface area contributed by atoms with Crippen molar-refractivity contribution >= 4 is 21.5 Å². The molecule has 1 aromatic rings. The van der Waals surface area contributed by atoms with Crippen LogP contribution in [-0.4, -0.2) is 57.0 Å². The number of aliphatic imine (C=N–C) groups is 1. The molecule has 0 amide bonds. The summed E-state index contributed by atoms with van der Waals surface area (Å²) in [6.07, 6.45) is 4.71. The Bertz CT molecular complexity index is 701. The fraction of sp³-hybridized carbons (Fsp3) is 0.588. The van der Waals surface area contributed by atoms with Gasteiger partial charge in [-0.05, 0) is 42.9 Å². The summed E-state index contributed by atoms with van der Waals surface area (Å²) in [7, 11) is -2.82. The molecule has 1 heterocycles. The largest absolute Gasteiger partial charge is 0.370 e. The predicted octanol–water partition coefficient (Wildman–Crippen LogP) is 1.02. The van der Waals surface area contributed by atoms with Gasteiger partial charge in [-0.15, -0.1) is 0 Å². The molecule has 132 valence electrons. The molecule has 6 nitrogen and oxygen atoms in total. The zero-order valence-electron chi connectivity index (χ0n) is 14.0. The first-order chi connectivity index (χ1) is 11.5. The minimum atomic E-state index is -2.82. The number of rotatable bonds is 4. The number of guanidine groups is 1. The summed E-state index contributed by atoms with van der Waals surface area (Å²) < 4.78 is 22.8. The molecular formula is C17H26N4O2S. The van der Waals surface area contributed by atoms with E-state index in [4.69, 9.17) is 5.73 Å². The minimum absolute atomic E-state index is 0.251. The molecule has 1 aliphatic carbocycles. The van der Waals surface area contributed by atoms with Crippen LogP contribution in [-0.2, 0) is 22.7 Å². The Morgan fingerprint density at radius 2 is 1.96 bits per heavy atom. The molecule has 0 unspecified atom stereocenters. The Hall–Kier alpha value is -1.60. The third-order valence-corrected chi connectivity index (χ3v) is 6.40. The second-order valence-electron chi connectivity index (χ2n) is 6.54. The van der Waals surface area contributed by atoms with Crippen molar-refractivity contribution in [1.82, 2.24) is 4.90 Å². The van der Waals surface area contributed by atoms with Gasteiger partial charge >= 0.3 is 0 Å². The first kappa shape index (κ1) is 17.2. The topological polar surface area (TPSA) is 87.8 Å². The van der Waals surface area contributed by atoms with Gasteiger partial charge in [0, 0.05) is 25.3 Å². The lowest BCUT2D eigenvalue weighted by atomic mass is 9.90. The van der Waals surface area contributed by atoms with Crippen molar-refractivity contribution in [2.75, 3.05) is 43.0 Å². The number of benzene rings is 1. The molecule has 3 rings (SSSR count). The molecule has 0 spiro atoms. The molecule has 24 heavy (non-hydrogen) atoms. The van der Waals surface area contributed by atoms with Gasteiger partial charge in [0.25, 0.3) is 0 Å². The highest BCUT2D eigenvalue weighted by Crippen LogP contribution is 2.27. The van der Waals surface area contributed by atoms with Crippen LogP contribution in [0.15, 0.2) is 23.2 Å². The lowest BCUT2D eigenvalue weighted by Crippen LogP contribution is -2.41. The quantitative estimate of drug-likeness (QED) is 0.625. The van der Waals surface area contributed by atoms with Crippen LogP contribution in [0.3, 0.4) is 0 Å². The number of nitrogens with one attached hydrogen (secondary N) is 1. The standard InChI is InChI=1S/C17H26N4O2S/c18-17(19-8-9-21-10-12-24(22,23)13-11-21)20-16-7-3-5-14-4-1-2-6-15(14)16/h3,5,7H,1-2,4,6,8-13H2,(H3,18,19,20). The van der Waals surface area contributed by atoms with E-state index in [9.17, 15) is 8.42 Å². The van der Waals surface area contributed by atoms with Gasteiger partial charge in [-0.25, -0.2) is 8.42 Å². The van der Waals surface area contributed by atoms with Crippen molar-refractivity contribution in [2.45, 2.75) is 25.7 Å². The molecule has 1 saturated heterocycles. The lowest BCUT2D eigenvalue weighted by Gasteiger charge is -2.25. The number of aryl methyl sites for hydroxylation is 1. The summed E-state index contributed by atoms with van der Waals surface area (Å²) in [6, 6.07) is 6.31. The van der Waals surface area contributed by atoms with E-state index >= 15 is 0 Å². The maximum atomic E-state index is 11.4. The van der Waals surface area contributed by atoms with Crippen LogP contribution < -0.4 is 11.1 Å². The van der Waals surface area contributed by atoms with E-state index in [2.05, 4.69) is 33.4 Å². The fourth-order valence-electron chi connectivity index (χ4n) is 3.36. The van der Waals surface area contributed by atoms with Gasteiger partial charge in [0.05, 0.1) is 18.1 Å². The number of nitrogens with two attached hydrogens (primary N) is 1. The van der Waals surface area contributed by atoms with Crippen molar-refractivity contribution < 1.29 is 8.42 Å². The maximum Gasteiger partial charge on any atom is 0.193 e. The van der Waals surface area contributed by atoms with Crippen molar-refractivity contribution in [3.63, 3.8) is 0 Å². The monoisotopic (exact) mass is 350 g/mol. The van der Waals surface area contributed by atoms with Gasteiger partial charge < -0.3 is 11.1 Å². The molecule has 1 fully saturated rings. The van der Waals surface area contributed by atoms with Crippen LogP contribution in [0, 0.1) is 0 Å². The zero-order chi connectivity index (χ0) is 17.0. The van der Waals surface area contributed by atoms with Crippen LogP contribution >= 0.6 is 0 Å². The fourth-order valence-corrected chi connectivity index (χ4v) is 4.64. The molecule has 1 aliphatic heterocycles. The van der Waals surface area contributed by atoms with E-state index in [1.165, 1.54) is 24.0 Å². The average Bonchev–Trinajstić information content (AvgIpc) is 2.57. The highest BCUT2D eigenvalue weighted by Gasteiger charge is 2.20. The minimum Gasteiger partial charge on any atom is -0.370 e. The van der Waals surface area contributed by atoms with E-state index in [-0.39, 0.29) is 11.5 Å². The van der Waals surface area contributed by atoms with E-state index in [1.807, 2.05) is 0 Å². The third-order valence-electron chi connectivity index (χ3n) is 4.79. The number of sulfone groups is 1. The molecule has 0 radical (unpaired) electrons. The van der Waals surface area contributed by atoms with Gasteiger partial charge in [0.15, 0.2) is 15.8 Å². The van der Waals surface area contributed by atoms with Crippen molar-refractivity contribution in [2.24, 2.45) is 10.7 Å². The average molecular weight is 350 g/mol. The number of hydrogen-bond donors (Lipinski definition) is 2. The second kappa shape index (κ2) is 7.53. The smallest absolute Gasteiger partial charge is 0.193 e. The molecular weight excluding hydrogens is 324 g/mol. The van der Waals surface area contributed by atoms with E-state index in [0.29, 0.717) is 25.6 Å². The zero-order valence-corrected chi connectivity index (χ0v) is 14.8. The van der Waals surface area contributed by atoms with Gasteiger partial charge in [0.1, 0.15) is 0 Å². The lowest BCUT2D eigenvalue weighted by molar-refractivity contribution is 0.304. The van der Waals surface area contributed by atoms with Crippen LogP contribution in [0.1, 0.15) is 24.0 Å². The third kappa shape index (κ3) is 4.48. The highest BCUT2D eigenvalue weighted by molar-refractivity contribution is 7.91. The van der Waals surface area contributed by atoms with Gasteiger partial charge in [-0.1, -0.05) is 12.1 Å². The first-order valence-electron chi connectivity index (χ1n) is 8.64.